The normalized spacial score (nSPS) is 26.0. The number of nitrogens with one attached hydrogen (secondary N) is 1. The van der Waals surface area contributed by atoms with Crippen molar-refractivity contribution in [3.05, 3.63) is 35.9 Å². The van der Waals surface area contributed by atoms with Gasteiger partial charge in [-0.2, -0.15) is 0 Å². The van der Waals surface area contributed by atoms with E-state index in [0.29, 0.717) is 41.7 Å². The third-order valence-electron chi connectivity index (χ3n) is 5.47. The van der Waals surface area contributed by atoms with E-state index in [-0.39, 0.29) is 24.7 Å². The number of aliphatic hydroxyl groups excluding tert-OH is 1. The molecular weight excluding hydrogens is 408 g/mol. The number of carboxylic acid groups (broad SMARTS) is 2. The van der Waals surface area contributed by atoms with E-state index in [0.717, 1.165) is 19.6 Å². The molecular formula is C21H26N2O8. The molecule has 0 aliphatic carbocycles. The Labute approximate surface area is 179 Å². The molecule has 10 heteroatoms. The van der Waals surface area contributed by atoms with Gasteiger partial charge in [-0.15, -0.1) is 0 Å². The van der Waals surface area contributed by atoms with E-state index in [9.17, 15) is 19.5 Å². The first-order valence-corrected chi connectivity index (χ1v) is 10.1. The number of fused-ring (bicyclic) bond motifs is 4. The van der Waals surface area contributed by atoms with Crippen LogP contribution in [-0.4, -0.2) is 83.1 Å². The number of nitrogens with zero attached hydrogens (tertiary/aromatic N) is 1. The van der Waals surface area contributed by atoms with Crippen LogP contribution in [0.5, 0.6) is 11.5 Å². The van der Waals surface area contributed by atoms with Crippen molar-refractivity contribution in [1.29, 1.82) is 0 Å². The van der Waals surface area contributed by atoms with Gasteiger partial charge in [-0.05, 0) is 50.0 Å². The minimum Gasteiger partial charge on any atom is -0.486 e. The summed E-state index contributed by atoms with van der Waals surface area (Å²) in [5.41, 5.74) is 0.572. The molecule has 4 heterocycles. The van der Waals surface area contributed by atoms with Gasteiger partial charge in [0.1, 0.15) is 6.61 Å². The predicted octanol–water partition coefficient (Wildman–Crippen LogP) is 0.354. The van der Waals surface area contributed by atoms with Crippen molar-refractivity contribution in [3.63, 3.8) is 0 Å². The number of aliphatic hydroxyl groups is 1. The molecule has 1 unspecified atom stereocenters. The number of rotatable bonds is 5. The highest BCUT2D eigenvalue weighted by Crippen LogP contribution is 2.33. The minimum atomic E-state index is -1.26. The lowest BCUT2D eigenvalue weighted by molar-refractivity contribution is -0.134. The van der Waals surface area contributed by atoms with Crippen LogP contribution in [-0.2, 0) is 9.59 Å². The van der Waals surface area contributed by atoms with E-state index < -0.39 is 11.9 Å². The maximum Gasteiger partial charge on any atom is 0.328 e. The molecule has 1 aromatic carbocycles. The first-order chi connectivity index (χ1) is 14.9. The number of carbonyl (C=O) groups is 3. The van der Waals surface area contributed by atoms with E-state index in [1.54, 1.807) is 18.2 Å². The van der Waals surface area contributed by atoms with Gasteiger partial charge in [-0.3, -0.25) is 4.79 Å². The Bertz CT molecular complexity index is 832. The maximum absolute atomic E-state index is 12.6. The van der Waals surface area contributed by atoms with E-state index >= 15 is 0 Å². The molecule has 0 radical (unpaired) electrons. The standard InChI is InChI=1S/C17H22N2O4.C4H4O4/c20-9-13-10-22-15-2-1-12(7-16(15)23-13)17(21)18-14-8-19-5-3-11(14)4-6-19;5-3(6)1-2-4(7)8/h1-2,7,11,13-14,20H,3-6,8-10H2,(H,18,21);1-2H,(H,5,6)(H,7,8)/b;2-1+/t13?,14-;/m0./s1. The van der Waals surface area contributed by atoms with Crippen LogP contribution >= 0.6 is 0 Å². The molecule has 3 fully saturated rings. The van der Waals surface area contributed by atoms with Crippen molar-refractivity contribution in [1.82, 2.24) is 10.2 Å². The largest absolute Gasteiger partial charge is 0.486 e. The van der Waals surface area contributed by atoms with Crippen LogP contribution in [0.1, 0.15) is 23.2 Å². The van der Waals surface area contributed by atoms with Gasteiger partial charge in [0.05, 0.1) is 6.61 Å². The zero-order valence-corrected chi connectivity index (χ0v) is 16.9. The monoisotopic (exact) mass is 434 g/mol. The van der Waals surface area contributed by atoms with E-state index in [4.69, 9.17) is 19.7 Å². The summed E-state index contributed by atoms with van der Waals surface area (Å²) in [6.45, 7) is 3.49. The van der Waals surface area contributed by atoms with Gasteiger partial charge in [0.2, 0.25) is 0 Å². The smallest absolute Gasteiger partial charge is 0.328 e. The second-order valence-corrected chi connectivity index (χ2v) is 7.62. The van der Waals surface area contributed by atoms with E-state index in [2.05, 4.69) is 10.2 Å². The molecule has 4 aliphatic rings. The fraction of sp³-hybridized carbons (Fsp3) is 0.476. The van der Waals surface area contributed by atoms with Crippen molar-refractivity contribution >= 4 is 17.8 Å². The van der Waals surface area contributed by atoms with Crippen LogP contribution < -0.4 is 14.8 Å². The summed E-state index contributed by atoms with van der Waals surface area (Å²) in [7, 11) is 0. The number of piperidine rings is 3. The topological polar surface area (TPSA) is 146 Å². The van der Waals surface area contributed by atoms with Gasteiger partial charge in [0.25, 0.3) is 5.91 Å². The average molecular weight is 434 g/mol. The van der Waals surface area contributed by atoms with Crippen molar-refractivity contribution in [2.24, 2.45) is 5.92 Å². The molecule has 4 aliphatic heterocycles. The van der Waals surface area contributed by atoms with Gasteiger partial charge in [0, 0.05) is 30.3 Å². The summed E-state index contributed by atoms with van der Waals surface area (Å²) in [4.78, 5) is 34.1. The van der Waals surface area contributed by atoms with Crippen LogP contribution in [0.2, 0.25) is 0 Å². The molecule has 31 heavy (non-hydrogen) atoms. The van der Waals surface area contributed by atoms with Crippen molar-refractivity contribution < 1.29 is 39.2 Å². The summed E-state index contributed by atoms with van der Waals surface area (Å²) >= 11 is 0. The van der Waals surface area contributed by atoms with Gasteiger partial charge in [-0.1, -0.05) is 0 Å². The van der Waals surface area contributed by atoms with Gasteiger partial charge >= 0.3 is 11.9 Å². The first kappa shape index (κ1) is 22.6. The van der Waals surface area contributed by atoms with E-state index in [1.165, 1.54) is 12.8 Å². The summed E-state index contributed by atoms with van der Waals surface area (Å²) in [6, 6.07) is 5.46. The van der Waals surface area contributed by atoms with Crippen molar-refractivity contribution in [3.8, 4) is 11.5 Å². The Morgan fingerprint density at radius 1 is 1.10 bits per heavy atom. The fourth-order valence-corrected chi connectivity index (χ4v) is 3.87. The zero-order chi connectivity index (χ0) is 22.4. The number of carbonyl (C=O) groups excluding carboxylic acids is 1. The van der Waals surface area contributed by atoms with E-state index in [1.807, 2.05) is 0 Å². The predicted molar refractivity (Wildman–Crippen MR) is 108 cm³/mol. The summed E-state index contributed by atoms with van der Waals surface area (Å²) < 4.78 is 11.2. The van der Waals surface area contributed by atoms with Gasteiger partial charge in [-0.25, -0.2) is 9.59 Å². The average Bonchev–Trinajstić information content (AvgIpc) is 2.78. The third kappa shape index (κ3) is 6.19. The first-order valence-electron chi connectivity index (χ1n) is 10.1. The molecule has 2 atom stereocenters. The van der Waals surface area contributed by atoms with Crippen LogP contribution in [0.4, 0.5) is 0 Å². The second-order valence-electron chi connectivity index (χ2n) is 7.62. The summed E-state index contributed by atoms with van der Waals surface area (Å²) in [5.74, 6) is -0.841. The Kier molecular flexibility index (Phi) is 7.48. The van der Waals surface area contributed by atoms with Gasteiger partial charge < -0.3 is 35.0 Å². The Morgan fingerprint density at radius 3 is 2.32 bits per heavy atom. The molecule has 10 nitrogen and oxygen atoms in total. The lowest BCUT2D eigenvalue weighted by Gasteiger charge is -2.44. The number of aliphatic carboxylic acids is 2. The highest BCUT2D eigenvalue weighted by molar-refractivity contribution is 5.95. The van der Waals surface area contributed by atoms with Crippen LogP contribution in [0.15, 0.2) is 30.4 Å². The van der Waals surface area contributed by atoms with Gasteiger partial charge in [0.15, 0.2) is 17.6 Å². The van der Waals surface area contributed by atoms with Crippen molar-refractivity contribution in [2.75, 3.05) is 32.8 Å². The highest BCUT2D eigenvalue weighted by atomic mass is 16.6. The molecule has 1 aromatic rings. The molecule has 0 aromatic heterocycles. The number of hydrogen-bond acceptors (Lipinski definition) is 7. The third-order valence-corrected chi connectivity index (χ3v) is 5.47. The number of amides is 1. The molecule has 5 rings (SSSR count). The van der Waals surface area contributed by atoms with Crippen LogP contribution in [0.25, 0.3) is 0 Å². The number of carboxylic acids is 2. The second kappa shape index (κ2) is 10.3. The SMILES string of the molecule is O=C(N[C@H]1CN2CCC1CC2)c1ccc2c(c1)OC(CO)CO2.O=C(O)/C=C/C(=O)O. The Morgan fingerprint density at radius 2 is 1.77 bits per heavy atom. The molecule has 3 saturated heterocycles. The quantitative estimate of drug-likeness (QED) is 0.482. The van der Waals surface area contributed by atoms with Crippen LogP contribution in [0.3, 0.4) is 0 Å². The Hall–Kier alpha value is -3.11. The molecule has 4 N–H and O–H groups in total. The maximum atomic E-state index is 12.6. The van der Waals surface area contributed by atoms with Crippen LogP contribution in [0, 0.1) is 5.92 Å². The summed E-state index contributed by atoms with van der Waals surface area (Å²) in [5, 5.41) is 28.0. The molecule has 1 amide bonds. The minimum absolute atomic E-state index is 0.0683. The van der Waals surface area contributed by atoms with Crippen molar-refractivity contribution in [2.45, 2.75) is 25.0 Å². The molecule has 0 spiro atoms. The number of ether oxygens (including phenoxy) is 2. The number of benzene rings is 1. The molecule has 2 bridgehead atoms. The lowest BCUT2D eigenvalue weighted by atomic mass is 9.84. The summed E-state index contributed by atoms with van der Waals surface area (Å²) in [6.07, 6.45) is 3.09. The molecule has 0 saturated carbocycles. The lowest BCUT2D eigenvalue weighted by Crippen LogP contribution is -2.57. The highest BCUT2D eigenvalue weighted by Gasteiger charge is 2.35. The zero-order valence-electron chi connectivity index (χ0n) is 16.9. The molecule has 168 valence electrons. The Balaban J connectivity index is 0.000000293. The fourth-order valence-electron chi connectivity index (χ4n) is 3.87. The number of hydrogen-bond donors (Lipinski definition) is 4.